The van der Waals surface area contributed by atoms with Crippen molar-refractivity contribution >= 4 is 43.1 Å². The van der Waals surface area contributed by atoms with E-state index in [-0.39, 0.29) is 73.2 Å². The van der Waals surface area contributed by atoms with Crippen LogP contribution in [0.2, 0.25) is 0 Å². The number of nitrogens with zero attached hydrogens (tertiary/aromatic N) is 6. The Kier molecular flexibility index (Phi) is 14.9. The fourth-order valence-electron chi connectivity index (χ4n) is 6.82. The molecule has 10 nitrogen and oxygen atoms in total. The summed E-state index contributed by atoms with van der Waals surface area (Å²) < 4.78 is 17.3. The van der Waals surface area contributed by atoms with E-state index in [0.717, 1.165) is 25.2 Å². The van der Waals surface area contributed by atoms with Gasteiger partial charge in [0, 0.05) is 69.7 Å². The molecule has 2 fully saturated rings. The fraction of sp³-hybridized carbons (Fsp3) is 0.389. The summed E-state index contributed by atoms with van der Waals surface area (Å²) in [7, 11) is 3.14. The molecule has 13 heteroatoms. The highest BCUT2D eigenvalue weighted by Crippen LogP contribution is 2.37. The zero-order valence-corrected chi connectivity index (χ0v) is 30.6. The number of hydrogen-bond acceptors (Lipinski definition) is 9. The van der Waals surface area contributed by atoms with Gasteiger partial charge in [-0.05, 0) is 37.1 Å². The molecule has 2 saturated heterocycles. The molecule has 0 bridgehead atoms. The van der Waals surface area contributed by atoms with Crippen LogP contribution >= 0.6 is 37.2 Å². The van der Waals surface area contributed by atoms with Crippen molar-refractivity contribution in [3.05, 3.63) is 107 Å². The first kappa shape index (κ1) is 39.8. The molecule has 0 radical (unpaired) electrons. The molecule has 264 valence electrons. The number of fused-ring (bicyclic) bond motifs is 1. The first-order valence-electron chi connectivity index (χ1n) is 15.9. The van der Waals surface area contributed by atoms with Crippen molar-refractivity contribution in [2.24, 2.45) is 0 Å². The topological polar surface area (TPSA) is 93.2 Å². The van der Waals surface area contributed by atoms with Crippen LogP contribution in [-0.4, -0.2) is 101 Å². The minimum atomic E-state index is -0.0985. The summed E-state index contributed by atoms with van der Waals surface area (Å²) in [4.78, 5) is 33.9. The highest BCUT2D eigenvalue weighted by Gasteiger charge is 2.43. The van der Waals surface area contributed by atoms with Crippen molar-refractivity contribution in [3.63, 3.8) is 0 Å². The van der Waals surface area contributed by atoms with E-state index in [9.17, 15) is 4.79 Å². The zero-order chi connectivity index (χ0) is 32.0. The van der Waals surface area contributed by atoms with E-state index in [1.807, 2.05) is 30.9 Å². The number of methoxy groups -OCH3 is 2. The number of amides is 1. The standard InChI is InChI=1S/C36H42N6O4.3ClH/c1-25(2)46-34-30(33(44-3)38-36(39-34)45-4)23-40-21-29-22-41(35(43)28-16-11-17-37-20-28)18-19-42(29)31(24-40)32(26-12-7-5-8-13-26)27-14-9-6-10-15-27;;;/h5-17,20,25,29,31-32H,18-19,21-24H2,1-4H3;3*1H. The predicted octanol–water partition coefficient (Wildman–Crippen LogP) is 5.78. The number of rotatable bonds is 10. The maximum atomic E-state index is 13.6. The van der Waals surface area contributed by atoms with Gasteiger partial charge in [0.2, 0.25) is 11.8 Å². The summed E-state index contributed by atoms with van der Waals surface area (Å²) in [5, 5.41) is 0. The molecule has 2 aliphatic heterocycles. The minimum Gasteiger partial charge on any atom is -0.481 e. The van der Waals surface area contributed by atoms with Crippen molar-refractivity contribution in [2.75, 3.05) is 46.9 Å². The largest absolute Gasteiger partial charge is 0.481 e. The second-order valence-corrected chi connectivity index (χ2v) is 12.1. The van der Waals surface area contributed by atoms with Gasteiger partial charge in [0.05, 0.1) is 31.5 Å². The molecule has 4 heterocycles. The normalized spacial score (nSPS) is 17.6. The first-order chi connectivity index (χ1) is 22.4. The van der Waals surface area contributed by atoms with Gasteiger partial charge in [-0.3, -0.25) is 19.6 Å². The van der Waals surface area contributed by atoms with Gasteiger partial charge in [0.25, 0.3) is 5.91 Å². The third-order valence-corrected chi connectivity index (χ3v) is 8.78. The Morgan fingerprint density at radius 3 is 2.04 bits per heavy atom. The Balaban J connectivity index is 0.00000217. The SMILES string of the molecule is COc1nc(OC)c(CN2CC3CN(C(=O)c4cccnc4)CCN3C(C(c3ccccc3)c3ccccc3)C2)c(OC(C)C)n1.Cl.Cl.Cl. The number of pyridine rings is 1. The van der Waals surface area contributed by atoms with Crippen LogP contribution < -0.4 is 14.2 Å². The van der Waals surface area contributed by atoms with E-state index < -0.39 is 0 Å². The summed E-state index contributed by atoms with van der Waals surface area (Å²) in [6.07, 6.45) is 3.25. The van der Waals surface area contributed by atoms with Crippen molar-refractivity contribution in [3.8, 4) is 17.8 Å². The second kappa shape index (κ2) is 18.4. The lowest BCUT2D eigenvalue weighted by Gasteiger charge is -2.53. The molecule has 0 saturated carbocycles. The van der Waals surface area contributed by atoms with Gasteiger partial charge in [-0.2, -0.15) is 9.97 Å². The average molecular weight is 732 g/mol. The van der Waals surface area contributed by atoms with E-state index in [0.29, 0.717) is 37.0 Å². The monoisotopic (exact) mass is 730 g/mol. The van der Waals surface area contributed by atoms with Gasteiger partial charge in [-0.15, -0.1) is 37.2 Å². The molecule has 0 N–H and O–H groups in total. The Bertz CT molecular complexity index is 1570. The molecule has 2 aromatic heterocycles. The van der Waals surface area contributed by atoms with Crippen molar-refractivity contribution in [1.29, 1.82) is 0 Å². The zero-order valence-electron chi connectivity index (χ0n) is 28.2. The van der Waals surface area contributed by atoms with Crippen LogP contribution in [0.25, 0.3) is 0 Å². The summed E-state index contributed by atoms with van der Waals surface area (Å²) in [6, 6.07) is 25.6. The maximum absolute atomic E-state index is 13.6. The lowest BCUT2D eigenvalue weighted by Crippen LogP contribution is -2.67. The quantitative estimate of drug-likeness (QED) is 0.201. The van der Waals surface area contributed by atoms with E-state index >= 15 is 0 Å². The molecule has 2 atom stereocenters. The molecule has 2 aromatic carbocycles. The highest BCUT2D eigenvalue weighted by atomic mass is 35.5. The van der Waals surface area contributed by atoms with Crippen molar-refractivity contribution in [1.82, 2.24) is 29.7 Å². The molecule has 0 spiro atoms. The van der Waals surface area contributed by atoms with Crippen LogP contribution in [0.4, 0.5) is 0 Å². The number of halogens is 3. The highest BCUT2D eigenvalue weighted by molar-refractivity contribution is 5.94. The van der Waals surface area contributed by atoms with E-state index in [4.69, 9.17) is 14.2 Å². The first-order valence-corrected chi connectivity index (χ1v) is 15.9. The fourth-order valence-corrected chi connectivity index (χ4v) is 6.82. The van der Waals surface area contributed by atoms with Crippen molar-refractivity contribution in [2.45, 2.75) is 44.5 Å². The van der Waals surface area contributed by atoms with Gasteiger partial charge in [-0.1, -0.05) is 60.7 Å². The van der Waals surface area contributed by atoms with E-state index in [2.05, 4.69) is 85.4 Å². The average Bonchev–Trinajstić information content (AvgIpc) is 3.09. The molecule has 2 unspecified atom stereocenters. The van der Waals surface area contributed by atoms with Crippen LogP contribution in [0, 0.1) is 0 Å². The van der Waals surface area contributed by atoms with Gasteiger partial charge >= 0.3 is 6.01 Å². The minimum absolute atomic E-state index is 0. The molecule has 6 rings (SSSR count). The summed E-state index contributed by atoms with van der Waals surface area (Å²) in [6.45, 7) is 8.05. The van der Waals surface area contributed by atoms with Crippen LogP contribution in [0.5, 0.6) is 17.8 Å². The number of hydrogen-bond donors (Lipinski definition) is 0. The van der Waals surface area contributed by atoms with Gasteiger partial charge in [0.1, 0.15) is 0 Å². The molecule has 2 aliphatic rings. The molecule has 1 amide bonds. The smallest absolute Gasteiger partial charge is 0.322 e. The molecule has 0 aliphatic carbocycles. The number of benzene rings is 2. The molecule has 49 heavy (non-hydrogen) atoms. The van der Waals surface area contributed by atoms with Crippen molar-refractivity contribution < 1.29 is 19.0 Å². The predicted molar refractivity (Wildman–Crippen MR) is 197 cm³/mol. The third-order valence-electron chi connectivity index (χ3n) is 8.78. The third kappa shape index (κ3) is 9.12. The van der Waals surface area contributed by atoms with E-state index in [1.165, 1.54) is 18.2 Å². The van der Waals surface area contributed by atoms with Crippen LogP contribution in [-0.2, 0) is 6.54 Å². The molecule has 4 aromatic rings. The van der Waals surface area contributed by atoms with Crippen LogP contribution in [0.3, 0.4) is 0 Å². The summed E-state index contributed by atoms with van der Waals surface area (Å²) in [5.41, 5.74) is 3.92. The summed E-state index contributed by atoms with van der Waals surface area (Å²) in [5.74, 6) is 1.02. The number of ether oxygens (including phenoxy) is 3. The number of piperazine rings is 2. The van der Waals surface area contributed by atoms with Crippen LogP contribution in [0.1, 0.15) is 46.8 Å². The second-order valence-electron chi connectivity index (χ2n) is 12.1. The Hall–Kier alpha value is -3.67. The molecular weight excluding hydrogens is 687 g/mol. The maximum Gasteiger partial charge on any atom is 0.322 e. The van der Waals surface area contributed by atoms with Gasteiger partial charge in [-0.25, -0.2) is 0 Å². The molecular formula is C36H45Cl3N6O4. The summed E-state index contributed by atoms with van der Waals surface area (Å²) >= 11 is 0. The number of aromatic nitrogens is 3. The Morgan fingerprint density at radius 1 is 0.816 bits per heavy atom. The number of carbonyl (C=O) groups is 1. The van der Waals surface area contributed by atoms with E-state index in [1.54, 1.807) is 19.5 Å². The van der Waals surface area contributed by atoms with Crippen LogP contribution in [0.15, 0.2) is 85.2 Å². The Morgan fingerprint density at radius 2 is 1.47 bits per heavy atom. The number of carbonyl (C=O) groups excluding carboxylic acids is 1. The van der Waals surface area contributed by atoms with Gasteiger partial charge in [0.15, 0.2) is 0 Å². The van der Waals surface area contributed by atoms with Gasteiger partial charge < -0.3 is 19.1 Å². The lowest BCUT2D eigenvalue weighted by molar-refractivity contribution is -0.0293. The lowest BCUT2D eigenvalue weighted by atomic mass is 9.81. The Labute approximate surface area is 307 Å².